The first kappa shape index (κ1) is 18.4. The van der Waals surface area contributed by atoms with Crippen molar-refractivity contribution in [1.29, 1.82) is 0 Å². The second-order valence-electron chi connectivity index (χ2n) is 7.12. The van der Waals surface area contributed by atoms with E-state index in [1.54, 1.807) is 12.4 Å². The highest BCUT2D eigenvalue weighted by Crippen LogP contribution is 2.33. The van der Waals surface area contributed by atoms with Crippen LogP contribution in [0.2, 0.25) is 0 Å². The van der Waals surface area contributed by atoms with Crippen molar-refractivity contribution in [2.24, 2.45) is 0 Å². The quantitative estimate of drug-likeness (QED) is 0.494. The fourth-order valence-electron chi connectivity index (χ4n) is 3.67. The van der Waals surface area contributed by atoms with Crippen LogP contribution in [0.3, 0.4) is 0 Å². The Morgan fingerprint density at radius 1 is 0.900 bits per heavy atom. The summed E-state index contributed by atoms with van der Waals surface area (Å²) in [5.41, 5.74) is 3.02. The number of ether oxygens (including phenoxy) is 2. The van der Waals surface area contributed by atoms with E-state index in [1.807, 2.05) is 36.4 Å². The highest BCUT2D eigenvalue weighted by atomic mass is 16.6. The third-order valence-corrected chi connectivity index (χ3v) is 5.18. The summed E-state index contributed by atoms with van der Waals surface area (Å²) in [4.78, 5) is 16.1. The zero-order valence-corrected chi connectivity index (χ0v) is 16.8. The van der Waals surface area contributed by atoms with Crippen LogP contribution in [0.25, 0.3) is 22.3 Å². The van der Waals surface area contributed by atoms with Crippen LogP contribution in [0.1, 0.15) is 12.5 Å². The molecule has 0 bridgehead atoms. The molecule has 3 heterocycles. The number of hydrogen-bond acceptors (Lipinski definition) is 6. The van der Waals surface area contributed by atoms with Crippen molar-refractivity contribution < 1.29 is 9.47 Å². The zero-order chi connectivity index (χ0) is 20.3. The maximum atomic E-state index is 5.76. The monoisotopic (exact) mass is 398 g/mol. The molecule has 0 spiro atoms. The van der Waals surface area contributed by atoms with E-state index in [2.05, 4.69) is 35.0 Å². The van der Waals surface area contributed by atoms with Crippen LogP contribution in [0.15, 0.2) is 67.0 Å². The average molecular weight is 398 g/mol. The molecule has 0 saturated heterocycles. The van der Waals surface area contributed by atoms with Crippen LogP contribution < -0.4 is 14.4 Å². The molecule has 1 aliphatic heterocycles. The number of hydrogen-bond donors (Lipinski definition) is 0. The molecule has 0 radical (unpaired) electrons. The Hall–Kier alpha value is -3.67. The van der Waals surface area contributed by atoms with Gasteiger partial charge in [-0.3, -0.25) is 4.98 Å². The molecule has 0 aliphatic carbocycles. The fourth-order valence-corrected chi connectivity index (χ4v) is 3.67. The topological polar surface area (TPSA) is 60.4 Å². The molecule has 0 unspecified atom stereocenters. The second-order valence-corrected chi connectivity index (χ2v) is 7.12. The molecule has 30 heavy (non-hydrogen) atoms. The number of aromatic nitrogens is 3. The molecule has 2 aromatic carbocycles. The summed E-state index contributed by atoms with van der Waals surface area (Å²) in [7, 11) is 0. The van der Waals surface area contributed by atoms with Gasteiger partial charge in [-0.1, -0.05) is 18.2 Å². The van der Waals surface area contributed by atoms with Crippen LogP contribution in [0.4, 0.5) is 5.82 Å². The fraction of sp³-hybridized carbons (Fsp3) is 0.208. The average Bonchev–Trinajstić information content (AvgIpc) is 2.82. The summed E-state index contributed by atoms with van der Waals surface area (Å²) in [5, 5.41) is 1.04. The lowest BCUT2D eigenvalue weighted by atomic mass is 10.1. The van der Waals surface area contributed by atoms with E-state index in [-0.39, 0.29) is 0 Å². The molecule has 2 aromatic heterocycles. The number of pyridine rings is 1. The number of benzene rings is 2. The number of para-hydroxylation sites is 1. The van der Waals surface area contributed by atoms with Gasteiger partial charge in [0, 0.05) is 36.4 Å². The van der Waals surface area contributed by atoms with E-state index in [0.717, 1.165) is 45.9 Å². The van der Waals surface area contributed by atoms with Gasteiger partial charge in [0.15, 0.2) is 17.3 Å². The van der Waals surface area contributed by atoms with Crippen molar-refractivity contribution in [2.75, 3.05) is 24.7 Å². The van der Waals surface area contributed by atoms with Gasteiger partial charge < -0.3 is 14.4 Å². The first-order valence-corrected chi connectivity index (χ1v) is 10.1. The Morgan fingerprint density at radius 3 is 2.53 bits per heavy atom. The number of nitrogens with zero attached hydrogens (tertiary/aromatic N) is 4. The van der Waals surface area contributed by atoms with Crippen molar-refractivity contribution in [3.05, 3.63) is 72.6 Å². The molecular weight excluding hydrogens is 376 g/mol. The Morgan fingerprint density at radius 2 is 1.70 bits per heavy atom. The SMILES string of the molecule is CCN(Cc1ccc2c(c1)OCCO2)c1nc(-c2ccncc2)nc2ccccc12. The lowest BCUT2D eigenvalue weighted by Gasteiger charge is -2.25. The number of anilines is 1. The third kappa shape index (κ3) is 3.52. The van der Waals surface area contributed by atoms with Gasteiger partial charge in [0.1, 0.15) is 19.0 Å². The third-order valence-electron chi connectivity index (χ3n) is 5.18. The van der Waals surface area contributed by atoms with Gasteiger partial charge in [0.2, 0.25) is 0 Å². The van der Waals surface area contributed by atoms with Crippen LogP contribution in [0.5, 0.6) is 11.5 Å². The summed E-state index contributed by atoms with van der Waals surface area (Å²) >= 11 is 0. The Balaban J connectivity index is 1.56. The molecule has 0 amide bonds. The van der Waals surface area contributed by atoms with Gasteiger partial charge in [0.05, 0.1) is 5.52 Å². The lowest BCUT2D eigenvalue weighted by molar-refractivity contribution is 0.171. The first-order valence-electron chi connectivity index (χ1n) is 10.1. The van der Waals surface area contributed by atoms with E-state index in [9.17, 15) is 0 Å². The van der Waals surface area contributed by atoms with Gasteiger partial charge in [-0.25, -0.2) is 9.97 Å². The molecule has 6 heteroatoms. The minimum Gasteiger partial charge on any atom is -0.486 e. The molecule has 0 fully saturated rings. The molecule has 0 atom stereocenters. The summed E-state index contributed by atoms with van der Waals surface area (Å²) < 4.78 is 11.4. The van der Waals surface area contributed by atoms with Crippen molar-refractivity contribution in [3.63, 3.8) is 0 Å². The summed E-state index contributed by atoms with van der Waals surface area (Å²) in [6.45, 7) is 4.84. The Labute approximate surface area is 175 Å². The first-order chi connectivity index (χ1) is 14.8. The maximum absolute atomic E-state index is 5.76. The largest absolute Gasteiger partial charge is 0.486 e. The van der Waals surface area contributed by atoms with Crippen molar-refractivity contribution in [2.45, 2.75) is 13.5 Å². The van der Waals surface area contributed by atoms with E-state index in [1.165, 1.54) is 0 Å². The smallest absolute Gasteiger partial charge is 0.162 e. The predicted octanol–water partition coefficient (Wildman–Crippen LogP) is 4.49. The van der Waals surface area contributed by atoms with Crippen LogP contribution >= 0.6 is 0 Å². The molecule has 5 rings (SSSR count). The van der Waals surface area contributed by atoms with E-state index in [4.69, 9.17) is 19.4 Å². The van der Waals surface area contributed by atoms with Gasteiger partial charge in [-0.2, -0.15) is 0 Å². The highest BCUT2D eigenvalue weighted by Gasteiger charge is 2.17. The molecular formula is C24H22N4O2. The van der Waals surface area contributed by atoms with Crippen LogP contribution in [0, 0.1) is 0 Å². The zero-order valence-electron chi connectivity index (χ0n) is 16.8. The van der Waals surface area contributed by atoms with Gasteiger partial charge in [-0.05, 0) is 48.9 Å². The van der Waals surface area contributed by atoms with Crippen molar-refractivity contribution >= 4 is 16.7 Å². The van der Waals surface area contributed by atoms with Crippen molar-refractivity contribution in [3.8, 4) is 22.9 Å². The Kier molecular flexibility index (Phi) is 4.89. The molecule has 0 N–H and O–H groups in total. The molecule has 1 aliphatic rings. The minimum atomic E-state index is 0.583. The molecule has 150 valence electrons. The molecule has 6 nitrogen and oxygen atoms in total. The van der Waals surface area contributed by atoms with Crippen LogP contribution in [-0.4, -0.2) is 34.7 Å². The van der Waals surface area contributed by atoms with Gasteiger partial charge >= 0.3 is 0 Å². The number of fused-ring (bicyclic) bond motifs is 2. The normalized spacial score (nSPS) is 12.7. The lowest BCUT2D eigenvalue weighted by Crippen LogP contribution is -2.24. The summed E-state index contributed by atoms with van der Waals surface area (Å²) in [5.74, 6) is 3.23. The van der Waals surface area contributed by atoms with E-state index < -0.39 is 0 Å². The summed E-state index contributed by atoms with van der Waals surface area (Å²) in [6.07, 6.45) is 3.53. The minimum absolute atomic E-state index is 0.583. The van der Waals surface area contributed by atoms with Gasteiger partial charge in [-0.15, -0.1) is 0 Å². The highest BCUT2D eigenvalue weighted by molar-refractivity contribution is 5.91. The van der Waals surface area contributed by atoms with E-state index >= 15 is 0 Å². The standard InChI is InChI=1S/C24H22N4O2/c1-2-28(16-17-7-8-21-22(15-17)30-14-13-29-21)24-19-5-3-4-6-20(19)26-23(27-24)18-9-11-25-12-10-18/h3-12,15H,2,13-14,16H2,1H3. The van der Waals surface area contributed by atoms with E-state index in [0.29, 0.717) is 25.6 Å². The molecule has 4 aromatic rings. The van der Waals surface area contributed by atoms with Crippen molar-refractivity contribution in [1.82, 2.24) is 15.0 Å². The Bertz CT molecular complexity index is 1180. The summed E-state index contributed by atoms with van der Waals surface area (Å²) in [6, 6.07) is 18.1. The second kappa shape index (κ2) is 7.99. The van der Waals surface area contributed by atoms with Crippen LogP contribution in [-0.2, 0) is 6.54 Å². The van der Waals surface area contributed by atoms with Gasteiger partial charge in [0.25, 0.3) is 0 Å². The molecule has 0 saturated carbocycles. The number of rotatable bonds is 5. The predicted molar refractivity (Wildman–Crippen MR) is 117 cm³/mol. The maximum Gasteiger partial charge on any atom is 0.162 e.